The number of esters is 1. The summed E-state index contributed by atoms with van der Waals surface area (Å²) in [6.07, 6.45) is 1.62. The molecule has 1 amide bonds. The first-order valence-corrected chi connectivity index (χ1v) is 9.70. The average molecular weight is 407 g/mol. The average Bonchev–Trinajstić information content (AvgIpc) is 2.96. The van der Waals surface area contributed by atoms with Gasteiger partial charge in [0.25, 0.3) is 5.91 Å². The van der Waals surface area contributed by atoms with Gasteiger partial charge in [0.05, 0.1) is 31.4 Å². The maximum atomic E-state index is 13.2. The molecule has 0 unspecified atom stereocenters. The number of aromatic hydroxyl groups is 1. The molecular weight excluding hydrogens is 382 g/mol. The number of aryl methyl sites for hydroxylation is 1. The van der Waals surface area contributed by atoms with Crippen LogP contribution in [-0.2, 0) is 20.9 Å². The van der Waals surface area contributed by atoms with E-state index in [1.165, 1.54) is 13.2 Å². The third-order valence-corrected chi connectivity index (χ3v) is 4.96. The minimum Gasteiger partial charge on any atom is -0.504 e. The topological polar surface area (TPSA) is 76.1 Å². The zero-order valence-electron chi connectivity index (χ0n) is 17.6. The highest BCUT2D eigenvalue weighted by atomic mass is 16.5. The predicted molar refractivity (Wildman–Crippen MR) is 114 cm³/mol. The lowest BCUT2D eigenvalue weighted by atomic mass is 10.0. The molecule has 0 radical (unpaired) electrons. The SMILES string of the molecule is CCOc1cc(/C=C2\C(=O)N(Cc3ccc(C)cc3)C(C)=C2C(=O)OC)ccc1O. The summed E-state index contributed by atoms with van der Waals surface area (Å²) in [7, 11) is 1.29. The molecule has 0 aliphatic carbocycles. The lowest BCUT2D eigenvalue weighted by molar-refractivity contribution is -0.136. The van der Waals surface area contributed by atoms with Crippen LogP contribution in [0.25, 0.3) is 6.08 Å². The minimum absolute atomic E-state index is 0.0117. The zero-order valence-corrected chi connectivity index (χ0v) is 17.6. The van der Waals surface area contributed by atoms with Crippen LogP contribution in [0, 0.1) is 6.92 Å². The lowest BCUT2D eigenvalue weighted by Crippen LogP contribution is -2.24. The maximum absolute atomic E-state index is 13.2. The van der Waals surface area contributed by atoms with Crippen LogP contribution in [0.4, 0.5) is 0 Å². The number of hydrogen-bond donors (Lipinski definition) is 1. The number of ether oxygens (including phenoxy) is 2. The Bertz CT molecular complexity index is 1030. The molecule has 6 nitrogen and oxygen atoms in total. The van der Waals surface area contributed by atoms with Gasteiger partial charge in [-0.3, -0.25) is 4.79 Å². The number of phenolic OH excluding ortho intramolecular Hbond substituents is 1. The molecule has 0 bridgehead atoms. The molecular formula is C24H25NO5. The summed E-state index contributed by atoms with van der Waals surface area (Å²) in [5, 5.41) is 9.92. The van der Waals surface area contributed by atoms with Crippen LogP contribution in [0.2, 0.25) is 0 Å². The molecule has 1 heterocycles. The Kier molecular flexibility index (Phi) is 6.26. The fourth-order valence-electron chi connectivity index (χ4n) is 3.35. The number of nitrogens with zero attached hydrogens (tertiary/aromatic N) is 1. The van der Waals surface area contributed by atoms with E-state index in [4.69, 9.17) is 9.47 Å². The van der Waals surface area contributed by atoms with E-state index < -0.39 is 5.97 Å². The fourth-order valence-corrected chi connectivity index (χ4v) is 3.35. The number of carbonyl (C=O) groups excluding carboxylic acids is 2. The van der Waals surface area contributed by atoms with Gasteiger partial charge in [-0.15, -0.1) is 0 Å². The Morgan fingerprint density at radius 2 is 1.83 bits per heavy atom. The van der Waals surface area contributed by atoms with Gasteiger partial charge in [-0.1, -0.05) is 35.9 Å². The minimum atomic E-state index is -0.567. The molecule has 0 spiro atoms. The predicted octanol–water partition coefficient (Wildman–Crippen LogP) is 3.97. The van der Waals surface area contributed by atoms with Gasteiger partial charge in [-0.05, 0) is 50.1 Å². The van der Waals surface area contributed by atoms with Gasteiger partial charge in [0, 0.05) is 5.70 Å². The number of methoxy groups -OCH3 is 1. The smallest absolute Gasteiger partial charge is 0.340 e. The van der Waals surface area contributed by atoms with Crippen molar-refractivity contribution in [3.8, 4) is 11.5 Å². The van der Waals surface area contributed by atoms with Crippen molar-refractivity contribution in [2.24, 2.45) is 0 Å². The number of allylic oxidation sites excluding steroid dienone is 1. The summed E-state index contributed by atoms with van der Waals surface area (Å²) in [6.45, 7) is 6.29. The summed E-state index contributed by atoms with van der Waals surface area (Å²) >= 11 is 0. The Hall–Kier alpha value is -3.54. The van der Waals surface area contributed by atoms with Gasteiger partial charge < -0.3 is 19.5 Å². The summed E-state index contributed by atoms with van der Waals surface area (Å²) in [6, 6.07) is 12.7. The molecule has 0 saturated heterocycles. The second kappa shape index (κ2) is 8.86. The Balaban J connectivity index is 2.02. The van der Waals surface area contributed by atoms with Crippen LogP contribution >= 0.6 is 0 Å². The van der Waals surface area contributed by atoms with Gasteiger partial charge in [-0.25, -0.2) is 4.79 Å². The normalized spacial score (nSPS) is 15.1. The second-order valence-electron chi connectivity index (χ2n) is 7.05. The van der Waals surface area contributed by atoms with Crippen LogP contribution in [0.5, 0.6) is 11.5 Å². The van der Waals surface area contributed by atoms with E-state index in [-0.39, 0.29) is 22.8 Å². The van der Waals surface area contributed by atoms with Crippen LogP contribution < -0.4 is 4.74 Å². The molecule has 0 fully saturated rings. The third kappa shape index (κ3) is 4.22. The molecule has 2 aromatic carbocycles. The first-order chi connectivity index (χ1) is 14.3. The highest BCUT2D eigenvalue weighted by molar-refractivity contribution is 6.16. The van der Waals surface area contributed by atoms with E-state index in [9.17, 15) is 14.7 Å². The van der Waals surface area contributed by atoms with E-state index >= 15 is 0 Å². The number of phenols is 1. The first-order valence-electron chi connectivity index (χ1n) is 9.70. The Labute approximate surface area is 176 Å². The lowest BCUT2D eigenvalue weighted by Gasteiger charge is -2.18. The molecule has 1 N–H and O–H groups in total. The molecule has 0 aromatic heterocycles. The van der Waals surface area contributed by atoms with Crippen molar-refractivity contribution < 1.29 is 24.2 Å². The zero-order chi connectivity index (χ0) is 21.8. The van der Waals surface area contributed by atoms with E-state index in [1.54, 1.807) is 30.0 Å². The molecule has 0 atom stereocenters. The highest BCUT2D eigenvalue weighted by Gasteiger charge is 2.37. The molecule has 1 aliphatic rings. The number of hydrogen-bond acceptors (Lipinski definition) is 5. The fraction of sp³-hybridized carbons (Fsp3) is 0.250. The van der Waals surface area contributed by atoms with E-state index in [0.717, 1.165) is 11.1 Å². The highest BCUT2D eigenvalue weighted by Crippen LogP contribution is 2.34. The van der Waals surface area contributed by atoms with Gasteiger partial charge in [0.2, 0.25) is 0 Å². The molecule has 156 valence electrons. The standard InChI is InChI=1S/C24H25NO5/c1-5-30-21-13-18(10-11-20(21)26)12-19-22(24(28)29-4)16(3)25(23(19)27)14-17-8-6-15(2)7-9-17/h6-13,26H,5,14H2,1-4H3/b19-12-. The van der Waals surface area contributed by atoms with Crippen molar-refractivity contribution in [3.63, 3.8) is 0 Å². The summed E-state index contributed by atoms with van der Waals surface area (Å²) in [5.41, 5.74) is 3.75. The summed E-state index contributed by atoms with van der Waals surface area (Å²) < 4.78 is 10.4. The number of carbonyl (C=O) groups is 2. The van der Waals surface area contributed by atoms with Crippen molar-refractivity contribution in [1.29, 1.82) is 0 Å². The molecule has 6 heteroatoms. The Morgan fingerprint density at radius 1 is 1.13 bits per heavy atom. The second-order valence-corrected chi connectivity index (χ2v) is 7.05. The van der Waals surface area contributed by atoms with Crippen molar-refractivity contribution in [1.82, 2.24) is 4.90 Å². The van der Waals surface area contributed by atoms with Gasteiger partial charge in [-0.2, -0.15) is 0 Å². The summed E-state index contributed by atoms with van der Waals surface area (Å²) in [4.78, 5) is 27.3. The quantitative estimate of drug-likeness (QED) is 0.579. The summed E-state index contributed by atoms with van der Waals surface area (Å²) in [5.74, 6) is -0.520. The van der Waals surface area contributed by atoms with Crippen molar-refractivity contribution >= 4 is 18.0 Å². The Morgan fingerprint density at radius 3 is 2.47 bits per heavy atom. The van der Waals surface area contributed by atoms with Crippen molar-refractivity contribution in [2.75, 3.05) is 13.7 Å². The third-order valence-electron chi connectivity index (χ3n) is 4.96. The molecule has 30 heavy (non-hydrogen) atoms. The van der Waals surface area contributed by atoms with Crippen LogP contribution in [0.3, 0.4) is 0 Å². The van der Waals surface area contributed by atoms with E-state index in [2.05, 4.69) is 0 Å². The first kappa shape index (κ1) is 21.2. The number of rotatable bonds is 6. The van der Waals surface area contributed by atoms with E-state index in [0.29, 0.717) is 30.2 Å². The van der Waals surface area contributed by atoms with Crippen LogP contribution in [-0.4, -0.2) is 35.6 Å². The van der Waals surface area contributed by atoms with Crippen LogP contribution in [0.1, 0.15) is 30.5 Å². The van der Waals surface area contributed by atoms with Gasteiger partial charge in [0.1, 0.15) is 0 Å². The molecule has 0 saturated carbocycles. The van der Waals surface area contributed by atoms with Crippen molar-refractivity contribution in [3.05, 3.63) is 76.0 Å². The molecule has 2 aromatic rings. The number of amides is 1. The monoisotopic (exact) mass is 407 g/mol. The van der Waals surface area contributed by atoms with E-state index in [1.807, 2.05) is 38.1 Å². The van der Waals surface area contributed by atoms with Crippen LogP contribution in [0.15, 0.2) is 59.3 Å². The molecule has 1 aliphatic heterocycles. The van der Waals surface area contributed by atoms with Gasteiger partial charge in [0.15, 0.2) is 11.5 Å². The van der Waals surface area contributed by atoms with Gasteiger partial charge >= 0.3 is 5.97 Å². The van der Waals surface area contributed by atoms with Crippen molar-refractivity contribution in [2.45, 2.75) is 27.3 Å². The number of benzene rings is 2. The molecule has 3 rings (SSSR count). The largest absolute Gasteiger partial charge is 0.504 e. The maximum Gasteiger partial charge on any atom is 0.340 e.